The van der Waals surface area contributed by atoms with Crippen LogP contribution in [0.5, 0.6) is 5.75 Å². The summed E-state index contributed by atoms with van der Waals surface area (Å²) in [4.78, 5) is 0. The minimum Gasteiger partial charge on any atom is -0.872 e. The maximum atomic E-state index is 10.3. The zero-order valence-electron chi connectivity index (χ0n) is 22.5. The van der Waals surface area contributed by atoms with Crippen molar-refractivity contribution in [2.45, 2.75) is 78.0 Å². The predicted molar refractivity (Wildman–Crippen MR) is 158 cm³/mol. The summed E-state index contributed by atoms with van der Waals surface area (Å²) in [5, 5.41) is 18.5. The van der Waals surface area contributed by atoms with Crippen LogP contribution in [0.25, 0.3) is 5.32 Å². The average molecular weight is 554 g/mol. The van der Waals surface area contributed by atoms with Gasteiger partial charge in [-0.1, -0.05) is 78.1 Å². The molecule has 0 unspecified atom stereocenters. The zero-order chi connectivity index (χ0) is 25.3. The van der Waals surface area contributed by atoms with Crippen LogP contribution in [-0.2, 0) is 16.5 Å². The smallest absolute Gasteiger partial charge is 0.872 e. The molecule has 0 amide bonds. The Morgan fingerprint density at radius 2 is 0.829 bits per heavy atom. The van der Waals surface area contributed by atoms with Gasteiger partial charge in [-0.2, -0.15) is 0 Å². The Morgan fingerprint density at radius 1 is 0.514 bits per heavy atom. The molecule has 3 aromatic carbocycles. The molecule has 35 heavy (non-hydrogen) atoms. The monoisotopic (exact) mass is 553 g/mol. The van der Waals surface area contributed by atoms with E-state index in [2.05, 4.69) is 104 Å². The summed E-state index contributed by atoms with van der Waals surface area (Å²) < 4.78 is 0. The van der Waals surface area contributed by atoms with Gasteiger partial charge in [0, 0.05) is 15.8 Å². The number of hydrogen-bond acceptors (Lipinski definition) is 1. The molecule has 0 saturated carbocycles. The van der Waals surface area contributed by atoms with E-state index in [-0.39, 0.29) is 22.2 Å². The largest absolute Gasteiger partial charge is 2.00 e. The van der Waals surface area contributed by atoms with Crippen LogP contribution in [-0.4, -0.2) is 22.6 Å². The van der Waals surface area contributed by atoms with Crippen molar-refractivity contribution in [3.05, 3.63) is 84.2 Å². The fourth-order valence-corrected chi connectivity index (χ4v) is 11.4. The van der Waals surface area contributed by atoms with E-state index in [4.69, 9.17) is 5.32 Å². The number of nitrogens with zero attached hydrogens (tertiary/aromatic N) is 1. The third-order valence-electron chi connectivity index (χ3n) is 5.90. The van der Waals surface area contributed by atoms with Crippen molar-refractivity contribution in [1.29, 1.82) is 0 Å². The van der Waals surface area contributed by atoms with Gasteiger partial charge in [-0.05, 0) is 67.5 Å². The Bertz CT molecular complexity index is 915. The first kappa shape index (κ1) is 31.6. The van der Waals surface area contributed by atoms with Crippen LogP contribution < -0.4 is 15.7 Å². The van der Waals surface area contributed by atoms with E-state index in [0.717, 1.165) is 0 Å². The van der Waals surface area contributed by atoms with E-state index < -0.39 is 15.8 Å². The molecule has 0 N–H and O–H groups in total. The molecular weight excluding hydrogens is 511 g/mol. The molecule has 3 rings (SSSR count). The number of benzene rings is 3. The maximum absolute atomic E-state index is 10.3. The van der Waals surface area contributed by atoms with Crippen molar-refractivity contribution in [2.75, 3.05) is 0 Å². The van der Waals surface area contributed by atoms with Gasteiger partial charge in [-0.25, -0.2) is 0 Å². The molecule has 5 heteroatoms. The number of para-hydroxylation sites is 3. The average Bonchev–Trinajstić information content (AvgIpc) is 2.76. The van der Waals surface area contributed by atoms with Crippen molar-refractivity contribution < 1.29 is 21.6 Å². The van der Waals surface area contributed by atoms with Crippen LogP contribution in [0.4, 0.5) is 11.4 Å². The van der Waals surface area contributed by atoms with Crippen LogP contribution in [0.3, 0.4) is 0 Å². The second-order valence-electron chi connectivity index (χ2n) is 9.99. The first-order chi connectivity index (χ1) is 16.1. The van der Waals surface area contributed by atoms with E-state index in [1.54, 1.807) is 12.1 Å². The fraction of sp³-hybridized carbons (Fsp3) is 0.400. The van der Waals surface area contributed by atoms with Crippen molar-refractivity contribution in [3.63, 3.8) is 0 Å². The molecule has 0 aromatic heterocycles. The molecule has 0 radical (unpaired) electrons. The first-order valence-electron chi connectivity index (χ1n) is 12.5. The van der Waals surface area contributed by atoms with Gasteiger partial charge >= 0.3 is 16.5 Å². The van der Waals surface area contributed by atoms with Crippen molar-refractivity contribution >= 4 is 37.8 Å². The van der Waals surface area contributed by atoms with Gasteiger partial charge in [-0.3, -0.25) is 0 Å². The fourth-order valence-electron chi connectivity index (χ4n) is 4.76. The quantitative estimate of drug-likeness (QED) is 0.205. The molecule has 0 fully saturated rings. The summed E-state index contributed by atoms with van der Waals surface area (Å²) >= 11 is 0. The third-order valence-corrected chi connectivity index (χ3v) is 13.0. The molecule has 0 aliphatic heterocycles. The topological polar surface area (TPSA) is 37.2 Å². The van der Waals surface area contributed by atoms with Crippen molar-refractivity contribution in [1.82, 2.24) is 0 Å². The molecule has 0 saturated heterocycles. The SMILES string of the molecule is CC(C)[PH+](c1ccccc1[N-]c1ccccc1[PH+](C(C)C)C(C)C)C(C)C.[Ni+2].[O-]c1ccccc1. The Kier molecular flexibility index (Phi) is 14.2. The molecule has 0 heterocycles. The predicted octanol–water partition coefficient (Wildman–Crippen LogP) is 8.09. The van der Waals surface area contributed by atoms with Gasteiger partial charge in [0.1, 0.15) is 0 Å². The van der Waals surface area contributed by atoms with Gasteiger partial charge in [-0.15, -0.1) is 5.75 Å². The summed E-state index contributed by atoms with van der Waals surface area (Å²) in [6.07, 6.45) is 0. The van der Waals surface area contributed by atoms with E-state index in [0.29, 0.717) is 22.6 Å². The minimum absolute atomic E-state index is 0. The standard InChI is InChI=1S/C24H36NP2.C6H6O.Ni/c1-17(2)26(18(3)4)23-15-11-9-13-21(23)25-22-14-10-12-16-24(22)27(19(5)6)20(7)8;7-6-4-2-1-3-5-6;/h9-20H,1-8H3;1-5,7H;/q-1;;+2/p+1. The van der Waals surface area contributed by atoms with Crippen molar-refractivity contribution in [3.8, 4) is 5.75 Å². The molecule has 0 bridgehead atoms. The summed E-state index contributed by atoms with van der Waals surface area (Å²) in [6, 6.07) is 26.1. The van der Waals surface area contributed by atoms with Crippen LogP contribution in [0.1, 0.15) is 55.4 Å². The molecular formula is C30H43NNiOP2+2. The normalized spacial score (nSPS) is 11.1. The van der Waals surface area contributed by atoms with Gasteiger partial charge < -0.3 is 10.4 Å². The Morgan fingerprint density at radius 3 is 1.11 bits per heavy atom. The molecule has 0 spiro atoms. The molecule has 3 aromatic rings. The van der Waals surface area contributed by atoms with Gasteiger partial charge in [0.25, 0.3) is 0 Å². The van der Waals surface area contributed by atoms with Crippen LogP contribution in [0.15, 0.2) is 78.9 Å². The third kappa shape index (κ3) is 9.54. The minimum atomic E-state index is -0.655. The summed E-state index contributed by atoms with van der Waals surface area (Å²) in [5.74, 6) is 0.0718. The van der Waals surface area contributed by atoms with Gasteiger partial charge in [0.2, 0.25) is 0 Å². The van der Waals surface area contributed by atoms with Crippen LogP contribution >= 0.6 is 15.8 Å². The van der Waals surface area contributed by atoms with Gasteiger partial charge in [0.15, 0.2) is 0 Å². The number of rotatable bonds is 8. The van der Waals surface area contributed by atoms with Crippen molar-refractivity contribution in [2.24, 2.45) is 0 Å². The van der Waals surface area contributed by atoms with E-state index in [1.807, 2.05) is 6.07 Å². The maximum Gasteiger partial charge on any atom is 2.00 e. The summed E-state index contributed by atoms with van der Waals surface area (Å²) in [6.45, 7) is 19.0. The van der Waals surface area contributed by atoms with E-state index in [1.165, 1.54) is 34.1 Å². The zero-order valence-corrected chi connectivity index (χ0v) is 25.5. The second kappa shape index (κ2) is 15.7. The van der Waals surface area contributed by atoms with Crippen LogP contribution in [0.2, 0.25) is 0 Å². The molecule has 0 aliphatic rings. The number of hydrogen-bond donors (Lipinski definition) is 0. The molecule has 0 aliphatic carbocycles. The molecule has 2 nitrogen and oxygen atoms in total. The van der Waals surface area contributed by atoms with Gasteiger partial charge in [0.05, 0.1) is 33.2 Å². The Labute approximate surface area is 226 Å². The first-order valence-corrected chi connectivity index (χ1v) is 15.8. The Balaban J connectivity index is 0.000000656. The summed E-state index contributed by atoms with van der Waals surface area (Å²) in [5.41, 5.74) is 5.19. The van der Waals surface area contributed by atoms with E-state index in [9.17, 15) is 5.11 Å². The van der Waals surface area contributed by atoms with E-state index >= 15 is 0 Å². The molecule has 192 valence electrons. The second-order valence-corrected chi connectivity index (χ2v) is 17.5. The Hall–Kier alpha value is -1.39. The summed E-state index contributed by atoms with van der Waals surface area (Å²) in [7, 11) is -1.31. The molecule has 0 atom stereocenters. The van der Waals surface area contributed by atoms with Crippen LogP contribution in [0, 0.1) is 0 Å².